The minimum atomic E-state index is -0.832. The highest BCUT2D eigenvalue weighted by atomic mass is 32.2. The maximum Gasteiger partial charge on any atom is 0.192 e. The van der Waals surface area contributed by atoms with Crippen LogP contribution >= 0.6 is 23.1 Å². The Morgan fingerprint density at radius 2 is 2.23 bits per heavy atom. The lowest BCUT2D eigenvalue weighted by Gasteiger charge is -2.09. The van der Waals surface area contributed by atoms with Crippen LogP contribution in [0.15, 0.2) is 41.0 Å². The van der Waals surface area contributed by atoms with Gasteiger partial charge in [0.1, 0.15) is 5.01 Å². The summed E-state index contributed by atoms with van der Waals surface area (Å²) in [6.45, 7) is 1.86. The van der Waals surface area contributed by atoms with Crippen molar-refractivity contribution in [1.29, 1.82) is 5.26 Å². The van der Waals surface area contributed by atoms with Crippen LogP contribution in [0.3, 0.4) is 0 Å². The maximum atomic E-state index is 12.7. The van der Waals surface area contributed by atoms with Crippen molar-refractivity contribution >= 4 is 39.8 Å². The Morgan fingerprint density at radius 3 is 2.97 bits per heavy atom. The highest BCUT2D eigenvalue weighted by molar-refractivity contribution is 7.99. The van der Waals surface area contributed by atoms with Gasteiger partial charge in [0.05, 0.1) is 11.8 Å². The van der Waals surface area contributed by atoms with Gasteiger partial charge in [0.25, 0.3) is 0 Å². The smallest absolute Gasteiger partial charge is 0.192 e. The second kappa shape index (κ2) is 7.70. The highest BCUT2D eigenvalue weighted by Gasteiger charge is 2.32. The lowest BCUT2D eigenvalue weighted by atomic mass is 10.1. The molecule has 1 saturated carbocycles. The van der Waals surface area contributed by atoms with E-state index in [1.54, 1.807) is 0 Å². The number of thiazole rings is 1. The standard InChI is InChI=1S/C21H18N6OS2/c1-12-10-29-20(24-12)15(8-22)18(28)11-30-21-26-25-19(27(21)13-6-7-13)16-9-23-17-5-3-2-4-14(16)17/h2-5,9-10,13,15,23H,6-7,11H2,1H3/t15-/m1/s1. The largest absolute Gasteiger partial charge is 0.360 e. The van der Waals surface area contributed by atoms with Gasteiger partial charge in [-0.1, -0.05) is 30.0 Å². The van der Waals surface area contributed by atoms with Crippen LogP contribution in [0.1, 0.15) is 35.5 Å². The molecular weight excluding hydrogens is 416 g/mol. The zero-order valence-corrected chi connectivity index (χ0v) is 17.8. The summed E-state index contributed by atoms with van der Waals surface area (Å²) in [6.07, 6.45) is 4.12. The van der Waals surface area contributed by atoms with Gasteiger partial charge < -0.3 is 4.98 Å². The summed E-state index contributed by atoms with van der Waals surface area (Å²) in [7, 11) is 0. The van der Waals surface area contributed by atoms with E-state index < -0.39 is 5.92 Å². The molecule has 0 amide bonds. The first-order valence-corrected chi connectivity index (χ1v) is 11.5. The number of H-pyrrole nitrogens is 1. The van der Waals surface area contributed by atoms with Gasteiger partial charge in [0, 0.05) is 39.8 Å². The molecule has 9 heteroatoms. The minimum absolute atomic E-state index is 0.157. The summed E-state index contributed by atoms with van der Waals surface area (Å²) in [5, 5.41) is 22.6. The number of fused-ring (bicyclic) bond motifs is 1. The number of thioether (sulfide) groups is 1. The second-order valence-electron chi connectivity index (χ2n) is 7.30. The molecule has 0 spiro atoms. The van der Waals surface area contributed by atoms with Crippen molar-refractivity contribution < 1.29 is 4.79 Å². The SMILES string of the molecule is Cc1csc([C@H](C#N)C(=O)CSc2nnc(-c3c[nH]c4ccccc34)n2C2CC2)n1. The molecule has 0 aliphatic heterocycles. The Morgan fingerprint density at radius 1 is 1.40 bits per heavy atom. The Hall–Kier alpha value is -2.96. The van der Waals surface area contributed by atoms with E-state index >= 15 is 0 Å². The molecule has 4 aromatic rings. The first kappa shape index (κ1) is 19.0. The van der Waals surface area contributed by atoms with Crippen LogP contribution in [0, 0.1) is 18.3 Å². The summed E-state index contributed by atoms with van der Waals surface area (Å²) in [5.41, 5.74) is 2.89. The van der Waals surface area contributed by atoms with E-state index in [0.29, 0.717) is 11.0 Å². The van der Waals surface area contributed by atoms with Gasteiger partial charge in [-0.25, -0.2) is 4.98 Å². The number of nitriles is 1. The van der Waals surface area contributed by atoms with Crippen LogP contribution < -0.4 is 0 Å². The van der Waals surface area contributed by atoms with Crippen molar-refractivity contribution in [2.45, 2.75) is 36.9 Å². The van der Waals surface area contributed by atoms with Crippen LogP contribution in [0.2, 0.25) is 0 Å². The van der Waals surface area contributed by atoms with Crippen LogP contribution in [0.25, 0.3) is 22.3 Å². The van der Waals surface area contributed by atoms with Gasteiger partial charge in [-0.2, -0.15) is 5.26 Å². The number of carbonyl (C=O) groups excluding carboxylic acids is 1. The molecule has 7 nitrogen and oxygen atoms in total. The van der Waals surface area contributed by atoms with Crippen LogP contribution in [0.4, 0.5) is 0 Å². The molecule has 0 unspecified atom stereocenters. The summed E-state index contributed by atoms with van der Waals surface area (Å²) in [4.78, 5) is 20.3. The maximum absolute atomic E-state index is 12.7. The first-order chi connectivity index (χ1) is 14.7. The first-order valence-electron chi connectivity index (χ1n) is 9.64. The number of benzene rings is 1. The lowest BCUT2D eigenvalue weighted by molar-refractivity contribution is -0.116. The third-order valence-corrected chi connectivity index (χ3v) is 7.08. The van der Waals surface area contributed by atoms with E-state index in [0.717, 1.165) is 46.0 Å². The third-order valence-electron chi connectivity index (χ3n) is 5.09. The fraction of sp³-hybridized carbons (Fsp3) is 0.286. The molecule has 150 valence electrons. The molecule has 1 fully saturated rings. The molecule has 3 aromatic heterocycles. The Balaban J connectivity index is 1.41. The molecule has 0 bridgehead atoms. The molecule has 3 heterocycles. The molecule has 30 heavy (non-hydrogen) atoms. The van der Waals surface area contributed by atoms with Gasteiger partial charge in [0.2, 0.25) is 0 Å². The summed E-state index contributed by atoms with van der Waals surface area (Å²) in [6, 6.07) is 10.6. The van der Waals surface area contributed by atoms with Gasteiger partial charge in [-0.15, -0.1) is 21.5 Å². The van der Waals surface area contributed by atoms with Gasteiger partial charge >= 0.3 is 0 Å². The molecule has 0 saturated heterocycles. The number of ketones is 1. The molecule has 1 aromatic carbocycles. The Bertz CT molecular complexity index is 1280. The topological polar surface area (TPSA) is 100 Å². The van der Waals surface area contributed by atoms with Crippen molar-refractivity contribution in [2.24, 2.45) is 0 Å². The number of para-hydroxylation sites is 1. The summed E-state index contributed by atoms with van der Waals surface area (Å²) >= 11 is 2.70. The van der Waals surface area contributed by atoms with Crippen LogP contribution in [-0.2, 0) is 4.79 Å². The average Bonchev–Trinajstić information content (AvgIpc) is 3.16. The zero-order chi connectivity index (χ0) is 20.7. The molecule has 0 radical (unpaired) electrons. The second-order valence-corrected chi connectivity index (χ2v) is 9.13. The van der Waals surface area contributed by atoms with E-state index in [9.17, 15) is 10.1 Å². The predicted molar refractivity (Wildman–Crippen MR) is 117 cm³/mol. The van der Waals surface area contributed by atoms with Crippen molar-refractivity contribution in [3.63, 3.8) is 0 Å². The van der Waals surface area contributed by atoms with Crippen molar-refractivity contribution in [3.8, 4) is 17.5 Å². The van der Waals surface area contributed by atoms with Gasteiger partial charge in [0.15, 0.2) is 22.7 Å². The lowest BCUT2D eigenvalue weighted by Crippen LogP contribution is -2.13. The number of aromatic nitrogens is 5. The molecule has 1 N–H and O–H groups in total. The third kappa shape index (κ3) is 3.42. The number of hydrogen-bond acceptors (Lipinski definition) is 7. The van der Waals surface area contributed by atoms with Gasteiger partial charge in [-0.05, 0) is 25.8 Å². The number of rotatable bonds is 7. The monoisotopic (exact) mass is 434 g/mol. The Kier molecular flexibility index (Phi) is 4.89. The normalized spacial score (nSPS) is 14.7. The Labute approximate surface area is 181 Å². The van der Waals surface area contributed by atoms with E-state index in [1.807, 2.05) is 36.7 Å². The van der Waals surface area contributed by atoms with E-state index in [4.69, 9.17) is 0 Å². The fourth-order valence-electron chi connectivity index (χ4n) is 3.47. The number of hydrogen-bond donors (Lipinski definition) is 1. The number of Topliss-reactive ketones (excluding diaryl/α,β-unsaturated/α-hetero) is 1. The number of nitrogens with zero attached hydrogens (tertiary/aromatic N) is 5. The number of carbonyl (C=O) groups is 1. The highest BCUT2D eigenvalue weighted by Crippen LogP contribution is 2.42. The van der Waals surface area contributed by atoms with E-state index in [1.165, 1.54) is 23.1 Å². The predicted octanol–water partition coefficient (Wildman–Crippen LogP) is 4.49. The summed E-state index contributed by atoms with van der Waals surface area (Å²) in [5.74, 6) is -0.00927. The zero-order valence-electron chi connectivity index (χ0n) is 16.2. The summed E-state index contributed by atoms with van der Waals surface area (Å²) < 4.78 is 2.14. The van der Waals surface area contributed by atoms with Crippen molar-refractivity contribution in [2.75, 3.05) is 5.75 Å². The number of nitrogens with one attached hydrogen (secondary N) is 1. The minimum Gasteiger partial charge on any atom is -0.360 e. The number of aryl methyl sites for hydroxylation is 1. The van der Waals surface area contributed by atoms with Crippen molar-refractivity contribution in [3.05, 3.63) is 46.5 Å². The average molecular weight is 435 g/mol. The fourth-order valence-corrected chi connectivity index (χ4v) is 5.24. The van der Waals surface area contributed by atoms with Gasteiger partial charge in [-0.3, -0.25) is 9.36 Å². The van der Waals surface area contributed by atoms with Crippen molar-refractivity contribution in [1.82, 2.24) is 24.7 Å². The van der Waals surface area contributed by atoms with E-state index in [2.05, 4.69) is 36.9 Å². The van der Waals surface area contributed by atoms with Crippen LogP contribution in [0.5, 0.6) is 0 Å². The van der Waals surface area contributed by atoms with Crippen LogP contribution in [-0.4, -0.2) is 36.3 Å². The molecule has 1 atom stereocenters. The molecule has 1 aliphatic rings. The van der Waals surface area contributed by atoms with E-state index in [-0.39, 0.29) is 11.5 Å². The molecular formula is C21H18N6OS2. The molecule has 5 rings (SSSR count). The quantitative estimate of drug-likeness (QED) is 0.430. The molecule has 1 aliphatic carbocycles. The number of aromatic amines is 1.